The molecule has 0 atom stereocenters. The van der Waals surface area contributed by atoms with Crippen molar-refractivity contribution in [3.05, 3.63) is 71.0 Å². The summed E-state index contributed by atoms with van der Waals surface area (Å²) in [4.78, 5) is 0. The number of benzene rings is 2. The average molecular weight is 284 g/mol. The first-order valence-corrected chi connectivity index (χ1v) is 8.56. The van der Waals surface area contributed by atoms with Crippen molar-refractivity contribution in [2.45, 2.75) is 27.7 Å². The van der Waals surface area contributed by atoms with E-state index in [4.69, 9.17) is 0 Å². The summed E-state index contributed by atoms with van der Waals surface area (Å²) in [7, 11) is -2.77. The lowest BCUT2D eigenvalue weighted by Gasteiger charge is -2.21. The van der Waals surface area contributed by atoms with Crippen LogP contribution in [0.25, 0.3) is 0 Å². The van der Waals surface area contributed by atoms with Crippen LogP contribution < -0.4 is 10.6 Å². The Labute approximate surface area is 121 Å². The van der Waals surface area contributed by atoms with E-state index < -0.39 is 7.14 Å². The van der Waals surface area contributed by atoms with E-state index in [1.165, 1.54) is 0 Å². The first-order chi connectivity index (χ1) is 9.41. The van der Waals surface area contributed by atoms with Gasteiger partial charge in [-0.3, -0.25) is 0 Å². The summed E-state index contributed by atoms with van der Waals surface area (Å²) in [5.74, 6) is 1.64. The fourth-order valence-corrected chi connectivity index (χ4v) is 5.13. The molecule has 2 rings (SSSR count). The predicted molar refractivity (Wildman–Crippen MR) is 88.9 cm³/mol. The highest BCUT2D eigenvalue weighted by Gasteiger charge is 2.27. The van der Waals surface area contributed by atoms with E-state index in [1.54, 1.807) is 5.82 Å². The summed E-state index contributed by atoms with van der Waals surface area (Å²) in [5, 5.41) is 1.81. The molecule has 2 aromatic rings. The molecule has 1 nitrogen and oxygen atoms in total. The highest BCUT2D eigenvalue weighted by Crippen LogP contribution is 2.46. The van der Waals surface area contributed by atoms with Crippen LogP contribution in [-0.2, 0) is 4.57 Å². The van der Waals surface area contributed by atoms with Crippen LogP contribution in [0.3, 0.4) is 0 Å². The molecule has 0 amide bonds. The molecule has 2 aromatic carbocycles. The molecule has 0 aliphatic carbocycles. The Kier molecular flexibility index (Phi) is 4.01. The Bertz CT molecular complexity index is 658. The van der Waals surface area contributed by atoms with Gasteiger partial charge in [0.2, 0.25) is 0 Å². The van der Waals surface area contributed by atoms with Crippen LogP contribution in [-0.4, -0.2) is 0 Å². The van der Waals surface area contributed by atoms with Crippen LogP contribution in [0.15, 0.2) is 48.8 Å². The minimum Gasteiger partial charge on any atom is -0.309 e. The van der Waals surface area contributed by atoms with Crippen LogP contribution in [0.5, 0.6) is 0 Å². The van der Waals surface area contributed by atoms with Crippen molar-refractivity contribution in [3.8, 4) is 0 Å². The zero-order valence-electron chi connectivity index (χ0n) is 12.6. The summed E-state index contributed by atoms with van der Waals surface area (Å²) in [6, 6.07) is 12.0. The number of hydrogen-bond donors (Lipinski definition) is 0. The first-order valence-electron chi connectivity index (χ1n) is 6.78. The van der Waals surface area contributed by atoms with Gasteiger partial charge in [-0.2, -0.15) is 0 Å². The van der Waals surface area contributed by atoms with Crippen LogP contribution >= 0.6 is 7.14 Å². The third-order valence-electron chi connectivity index (χ3n) is 4.12. The summed E-state index contributed by atoms with van der Waals surface area (Å²) >= 11 is 0. The zero-order valence-corrected chi connectivity index (χ0v) is 13.5. The standard InChI is InChI=1S/C18H21OP/c1-6-20(19,17-11-7-9-13(2)15(17)4)18-12-8-10-14(3)16(18)5/h6-12H,1H2,2-5H3. The molecule has 20 heavy (non-hydrogen) atoms. The fourth-order valence-electron chi connectivity index (χ4n) is 2.52. The van der Waals surface area contributed by atoms with E-state index >= 15 is 0 Å². The van der Waals surface area contributed by atoms with Gasteiger partial charge in [0.25, 0.3) is 0 Å². The lowest BCUT2D eigenvalue weighted by atomic mass is 10.1. The monoisotopic (exact) mass is 284 g/mol. The van der Waals surface area contributed by atoms with Crippen molar-refractivity contribution >= 4 is 17.8 Å². The van der Waals surface area contributed by atoms with Crippen molar-refractivity contribution in [1.82, 2.24) is 0 Å². The molecule has 0 radical (unpaired) electrons. The zero-order chi connectivity index (χ0) is 14.9. The highest BCUT2D eigenvalue weighted by molar-refractivity contribution is 7.81. The topological polar surface area (TPSA) is 17.1 Å². The third-order valence-corrected chi connectivity index (χ3v) is 7.04. The summed E-state index contributed by atoms with van der Waals surface area (Å²) < 4.78 is 13.6. The minimum absolute atomic E-state index is 0.904. The van der Waals surface area contributed by atoms with Crippen molar-refractivity contribution < 1.29 is 4.57 Å². The van der Waals surface area contributed by atoms with Gasteiger partial charge in [-0.15, -0.1) is 0 Å². The van der Waals surface area contributed by atoms with Gasteiger partial charge in [0, 0.05) is 10.6 Å². The van der Waals surface area contributed by atoms with E-state index in [2.05, 4.69) is 32.6 Å². The Balaban J connectivity index is 2.78. The Morgan fingerprint density at radius 3 is 1.60 bits per heavy atom. The number of aryl methyl sites for hydroxylation is 2. The fraction of sp³-hybridized carbons (Fsp3) is 0.222. The molecule has 0 saturated heterocycles. The molecule has 0 unspecified atom stereocenters. The third kappa shape index (κ3) is 2.27. The van der Waals surface area contributed by atoms with Gasteiger partial charge in [0.15, 0.2) is 7.14 Å². The summed E-state index contributed by atoms with van der Waals surface area (Å²) in [5.41, 5.74) is 4.51. The lowest BCUT2D eigenvalue weighted by molar-refractivity contribution is 0.592. The van der Waals surface area contributed by atoms with Gasteiger partial charge in [0.1, 0.15) is 0 Å². The van der Waals surface area contributed by atoms with Gasteiger partial charge < -0.3 is 4.57 Å². The molecule has 0 saturated carbocycles. The molecule has 0 bridgehead atoms. The molecule has 0 N–H and O–H groups in total. The average Bonchev–Trinajstić information content (AvgIpc) is 2.44. The van der Waals surface area contributed by atoms with E-state index in [-0.39, 0.29) is 0 Å². The largest absolute Gasteiger partial charge is 0.309 e. The SMILES string of the molecule is C=CP(=O)(c1cccc(C)c1C)c1cccc(C)c1C. The molecular weight excluding hydrogens is 263 g/mol. The predicted octanol–water partition coefficient (Wildman–Crippen LogP) is 4.38. The smallest absolute Gasteiger partial charge is 0.164 e. The Hall–Kier alpha value is -1.59. The normalized spacial score (nSPS) is 11.4. The van der Waals surface area contributed by atoms with E-state index in [0.29, 0.717) is 0 Å². The summed E-state index contributed by atoms with van der Waals surface area (Å²) in [6.07, 6.45) is 0. The molecule has 0 aromatic heterocycles. The number of hydrogen-bond acceptors (Lipinski definition) is 1. The van der Waals surface area contributed by atoms with E-state index in [0.717, 1.165) is 32.9 Å². The molecule has 0 heterocycles. The van der Waals surface area contributed by atoms with Crippen molar-refractivity contribution in [1.29, 1.82) is 0 Å². The molecule has 0 spiro atoms. The van der Waals surface area contributed by atoms with Gasteiger partial charge >= 0.3 is 0 Å². The van der Waals surface area contributed by atoms with Crippen molar-refractivity contribution in [2.24, 2.45) is 0 Å². The molecule has 104 valence electrons. The number of rotatable bonds is 3. The maximum absolute atomic E-state index is 13.6. The van der Waals surface area contributed by atoms with E-state index in [9.17, 15) is 4.57 Å². The molecule has 2 heteroatoms. The van der Waals surface area contributed by atoms with E-state index in [1.807, 2.05) is 38.1 Å². The second kappa shape index (κ2) is 5.42. The maximum atomic E-state index is 13.6. The van der Waals surface area contributed by atoms with Gasteiger partial charge in [-0.05, 0) is 55.8 Å². The minimum atomic E-state index is -2.77. The Morgan fingerprint density at radius 2 is 1.25 bits per heavy atom. The molecular formula is C18H21OP. The van der Waals surface area contributed by atoms with Gasteiger partial charge in [-0.25, -0.2) is 0 Å². The molecule has 0 aliphatic heterocycles. The van der Waals surface area contributed by atoms with Crippen LogP contribution in [0.4, 0.5) is 0 Å². The van der Waals surface area contributed by atoms with Crippen LogP contribution in [0.1, 0.15) is 22.3 Å². The van der Waals surface area contributed by atoms with Crippen molar-refractivity contribution in [3.63, 3.8) is 0 Å². The van der Waals surface area contributed by atoms with Crippen molar-refractivity contribution in [2.75, 3.05) is 0 Å². The van der Waals surface area contributed by atoms with Crippen LogP contribution in [0, 0.1) is 27.7 Å². The molecule has 0 aliphatic rings. The first kappa shape index (κ1) is 14.8. The second-order valence-electron chi connectivity index (χ2n) is 5.28. The quantitative estimate of drug-likeness (QED) is 0.765. The maximum Gasteiger partial charge on any atom is 0.164 e. The highest BCUT2D eigenvalue weighted by atomic mass is 31.2. The van der Waals surface area contributed by atoms with Gasteiger partial charge in [0.05, 0.1) is 0 Å². The Morgan fingerprint density at radius 1 is 0.850 bits per heavy atom. The second-order valence-corrected chi connectivity index (χ2v) is 7.92. The molecule has 0 fully saturated rings. The van der Waals surface area contributed by atoms with Gasteiger partial charge in [-0.1, -0.05) is 43.0 Å². The summed E-state index contributed by atoms with van der Waals surface area (Å²) in [6.45, 7) is 12.0. The lowest BCUT2D eigenvalue weighted by Crippen LogP contribution is -2.20. The van der Waals surface area contributed by atoms with Crippen LogP contribution in [0.2, 0.25) is 0 Å².